The molecule has 158 valence electrons. The SMILES string of the molecule is C[C@@H](OC(=O)CNC(=O)c1ccc(Cl)cc1Cl)C(=O)N[C@@H]1CCCc2ccccc21. The third-order valence-corrected chi connectivity index (χ3v) is 5.48. The number of carbonyl (C=O) groups is 3. The van der Waals surface area contributed by atoms with Crippen LogP contribution in [-0.4, -0.2) is 30.4 Å². The average molecular weight is 449 g/mol. The van der Waals surface area contributed by atoms with E-state index in [4.69, 9.17) is 27.9 Å². The first-order valence-corrected chi connectivity index (χ1v) is 10.4. The van der Waals surface area contributed by atoms with Gasteiger partial charge in [0.2, 0.25) is 0 Å². The van der Waals surface area contributed by atoms with Crippen LogP contribution in [-0.2, 0) is 20.7 Å². The number of ether oxygens (including phenoxy) is 1. The van der Waals surface area contributed by atoms with Crippen LogP contribution in [0.25, 0.3) is 0 Å². The van der Waals surface area contributed by atoms with E-state index in [1.807, 2.05) is 18.2 Å². The van der Waals surface area contributed by atoms with E-state index in [1.54, 1.807) is 0 Å². The van der Waals surface area contributed by atoms with Crippen molar-refractivity contribution in [3.8, 4) is 0 Å². The lowest BCUT2D eigenvalue weighted by atomic mass is 9.87. The van der Waals surface area contributed by atoms with Gasteiger partial charge < -0.3 is 15.4 Å². The summed E-state index contributed by atoms with van der Waals surface area (Å²) in [6, 6.07) is 12.3. The first kappa shape index (κ1) is 22.1. The molecule has 2 aromatic carbocycles. The van der Waals surface area contributed by atoms with Crippen LogP contribution in [0.3, 0.4) is 0 Å². The molecule has 2 aromatic rings. The zero-order valence-corrected chi connectivity index (χ0v) is 17.9. The van der Waals surface area contributed by atoms with Gasteiger partial charge in [-0.05, 0) is 55.5 Å². The van der Waals surface area contributed by atoms with Crippen molar-refractivity contribution in [2.45, 2.75) is 38.3 Å². The highest BCUT2D eigenvalue weighted by Gasteiger charge is 2.25. The van der Waals surface area contributed by atoms with Gasteiger partial charge in [0.05, 0.1) is 16.6 Å². The number of carbonyl (C=O) groups excluding carboxylic acids is 3. The maximum Gasteiger partial charge on any atom is 0.326 e. The van der Waals surface area contributed by atoms with E-state index in [2.05, 4.69) is 16.7 Å². The molecule has 0 saturated carbocycles. The summed E-state index contributed by atoms with van der Waals surface area (Å²) in [4.78, 5) is 36.7. The van der Waals surface area contributed by atoms with E-state index < -0.39 is 18.0 Å². The Hall–Kier alpha value is -2.57. The summed E-state index contributed by atoms with van der Waals surface area (Å²) in [7, 11) is 0. The predicted octanol–water partition coefficient (Wildman–Crippen LogP) is 3.85. The largest absolute Gasteiger partial charge is 0.451 e. The van der Waals surface area contributed by atoms with Gasteiger partial charge in [0, 0.05) is 5.02 Å². The highest BCUT2D eigenvalue weighted by molar-refractivity contribution is 6.36. The molecule has 0 fully saturated rings. The lowest BCUT2D eigenvalue weighted by Crippen LogP contribution is -2.41. The van der Waals surface area contributed by atoms with Crippen molar-refractivity contribution in [1.82, 2.24) is 10.6 Å². The number of benzene rings is 2. The molecule has 8 heteroatoms. The van der Waals surface area contributed by atoms with Crippen molar-refractivity contribution in [1.29, 1.82) is 0 Å². The van der Waals surface area contributed by atoms with Crippen molar-refractivity contribution >= 4 is 41.0 Å². The van der Waals surface area contributed by atoms with Crippen LogP contribution in [0.15, 0.2) is 42.5 Å². The predicted molar refractivity (Wildman–Crippen MR) is 115 cm³/mol. The highest BCUT2D eigenvalue weighted by atomic mass is 35.5. The Balaban J connectivity index is 1.49. The molecule has 0 heterocycles. The van der Waals surface area contributed by atoms with Gasteiger partial charge in [-0.3, -0.25) is 14.4 Å². The molecule has 6 nitrogen and oxygen atoms in total. The Morgan fingerprint density at radius 3 is 2.70 bits per heavy atom. The van der Waals surface area contributed by atoms with E-state index in [0.29, 0.717) is 5.02 Å². The molecule has 0 saturated heterocycles. The van der Waals surface area contributed by atoms with Crippen molar-refractivity contribution in [2.24, 2.45) is 0 Å². The van der Waals surface area contributed by atoms with Crippen LogP contribution in [0.5, 0.6) is 0 Å². The number of halogens is 2. The minimum atomic E-state index is -0.984. The van der Waals surface area contributed by atoms with Crippen LogP contribution in [0, 0.1) is 0 Å². The fourth-order valence-corrected chi connectivity index (χ4v) is 3.90. The quantitative estimate of drug-likeness (QED) is 0.657. The third kappa shape index (κ3) is 5.52. The summed E-state index contributed by atoms with van der Waals surface area (Å²) in [5, 5.41) is 5.95. The molecular formula is C22H22Cl2N2O4. The lowest BCUT2D eigenvalue weighted by Gasteiger charge is -2.27. The van der Waals surface area contributed by atoms with Gasteiger partial charge in [-0.15, -0.1) is 0 Å². The third-order valence-electron chi connectivity index (χ3n) is 4.93. The van der Waals surface area contributed by atoms with Crippen molar-refractivity contribution in [3.05, 3.63) is 69.2 Å². The molecule has 0 spiro atoms. The normalized spacial score (nSPS) is 16.2. The zero-order valence-electron chi connectivity index (χ0n) is 16.4. The number of aryl methyl sites for hydroxylation is 1. The van der Waals surface area contributed by atoms with E-state index >= 15 is 0 Å². The average Bonchev–Trinajstić information content (AvgIpc) is 2.72. The van der Waals surface area contributed by atoms with E-state index in [-0.39, 0.29) is 29.1 Å². The molecule has 0 aromatic heterocycles. The first-order chi connectivity index (χ1) is 14.3. The Morgan fingerprint density at radius 2 is 1.93 bits per heavy atom. The second kappa shape index (κ2) is 9.96. The summed E-state index contributed by atoms with van der Waals surface area (Å²) in [6.07, 6.45) is 1.82. The van der Waals surface area contributed by atoms with Gasteiger partial charge >= 0.3 is 5.97 Å². The lowest BCUT2D eigenvalue weighted by molar-refractivity contribution is -0.154. The molecule has 0 radical (unpaired) electrons. The van der Waals surface area contributed by atoms with Gasteiger partial charge in [-0.2, -0.15) is 0 Å². The second-order valence-electron chi connectivity index (χ2n) is 7.09. The molecule has 1 aliphatic carbocycles. The maximum atomic E-state index is 12.5. The molecule has 2 N–H and O–H groups in total. The van der Waals surface area contributed by atoms with Gasteiger partial charge in [-0.1, -0.05) is 47.5 Å². The van der Waals surface area contributed by atoms with E-state index in [0.717, 1.165) is 24.8 Å². The number of rotatable bonds is 6. The topological polar surface area (TPSA) is 84.5 Å². The summed E-state index contributed by atoms with van der Waals surface area (Å²) in [6.45, 7) is 1.11. The van der Waals surface area contributed by atoms with Crippen LogP contribution in [0.4, 0.5) is 0 Å². The molecule has 2 amide bonds. The van der Waals surface area contributed by atoms with Crippen molar-refractivity contribution < 1.29 is 19.1 Å². The molecule has 0 unspecified atom stereocenters. The Bertz CT molecular complexity index is 964. The minimum absolute atomic E-state index is 0.102. The summed E-state index contributed by atoms with van der Waals surface area (Å²) in [5.41, 5.74) is 2.51. The van der Waals surface area contributed by atoms with Crippen LogP contribution in [0.2, 0.25) is 10.0 Å². The maximum absolute atomic E-state index is 12.5. The molecule has 30 heavy (non-hydrogen) atoms. The smallest absolute Gasteiger partial charge is 0.326 e. The zero-order chi connectivity index (χ0) is 21.7. The number of amides is 2. The van der Waals surface area contributed by atoms with Crippen molar-refractivity contribution in [2.75, 3.05) is 6.54 Å². The van der Waals surface area contributed by atoms with Crippen LogP contribution in [0.1, 0.15) is 47.3 Å². The number of hydrogen-bond donors (Lipinski definition) is 2. The number of nitrogens with one attached hydrogen (secondary N) is 2. The summed E-state index contributed by atoms with van der Waals surface area (Å²) < 4.78 is 5.16. The van der Waals surface area contributed by atoms with Gasteiger partial charge in [0.25, 0.3) is 11.8 Å². The second-order valence-corrected chi connectivity index (χ2v) is 7.93. The highest BCUT2D eigenvalue weighted by Crippen LogP contribution is 2.29. The van der Waals surface area contributed by atoms with Gasteiger partial charge in [0.15, 0.2) is 6.10 Å². The summed E-state index contributed by atoms with van der Waals surface area (Å²) in [5.74, 6) is -1.64. The number of fused-ring (bicyclic) bond motifs is 1. The molecule has 0 aliphatic heterocycles. The molecule has 1 aliphatic rings. The standard InChI is InChI=1S/C22H22Cl2N2O4/c1-13(21(28)26-19-8-4-6-14-5-2-3-7-16(14)19)30-20(27)12-25-22(29)17-10-9-15(23)11-18(17)24/h2-3,5,7,9-11,13,19H,4,6,8,12H2,1H3,(H,25,29)(H,26,28)/t13-,19-/m1/s1. The Labute approximate surface area is 184 Å². The van der Waals surface area contributed by atoms with E-state index in [9.17, 15) is 14.4 Å². The van der Waals surface area contributed by atoms with Gasteiger partial charge in [0.1, 0.15) is 6.54 Å². The fraction of sp³-hybridized carbons (Fsp3) is 0.318. The number of hydrogen-bond acceptors (Lipinski definition) is 4. The molecular weight excluding hydrogens is 427 g/mol. The Kier molecular flexibility index (Phi) is 7.34. The van der Waals surface area contributed by atoms with Gasteiger partial charge in [-0.25, -0.2) is 0 Å². The molecule has 0 bridgehead atoms. The summed E-state index contributed by atoms with van der Waals surface area (Å²) >= 11 is 11.8. The monoisotopic (exact) mass is 448 g/mol. The van der Waals surface area contributed by atoms with E-state index in [1.165, 1.54) is 30.7 Å². The van der Waals surface area contributed by atoms with Crippen molar-refractivity contribution in [3.63, 3.8) is 0 Å². The fourth-order valence-electron chi connectivity index (χ4n) is 3.41. The molecule has 3 rings (SSSR count). The Morgan fingerprint density at radius 1 is 1.17 bits per heavy atom. The van der Waals surface area contributed by atoms with Crippen LogP contribution >= 0.6 is 23.2 Å². The minimum Gasteiger partial charge on any atom is -0.451 e. The van der Waals surface area contributed by atoms with Crippen LogP contribution < -0.4 is 10.6 Å². The number of esters is 1. The molecule has 2 atom stereocenters. The first-order valence-electron chi connectivity index (χ1n) is 9.66.